The number of carbonyl (C=O) groups excluding carboxylic acids is 1. The fraction of sp³-hybridized carbons (Fsp3) is 0.211. The highest BCUT2D eigenvalue weighted by atomic mass is 35.5. The second-order valence-electron chi connectivity index (χ2n) is 6.51. The number of fused-ring (bicyclic) bond motifs is 1. The van der Waals surface area contributed by atoms with Crippen LogP contribution in [0, 0.1) is 0 Å². The molecule has 0 atom stereocenters. The molecule has 2 aromatic carbocycles. The van der Waals surface area contributed by atoms with Gasteiger partial charge in [-0.3, -0.25) is 4.79 Å². The van der Waals surface area contributed by atoms with E-state index < -0.39 is 10.0 Å². The standard InChI is InChI=1S/C19H17Cl2N3O3S/c20-13-5-7-14(8-6-13)28(26,27)24-11-9-23(10-12-24)19(25)18-17(21)15-3-1-2-4-16(15)22-18/h1-8,22H,9-12H2. The van der Waals surface area contributed by atoms with Crippen LogP contribution in [0.4, 0.5) is 0 Å². The van der Waals surface area contributed by atoms with Gasteiger partial charge in [-0.25, -0.2) is 8.42 Å². The maximum Gasteiger partial charge on any atom is 0.271 e. The minimum Gasteiger partial charge on any atom is -0.349 e. The largest absolute Gasteiger partial charge is 0.349 e. The first-order chi connectivity index (χ1) is 13.4. The molecule has 6 nitrogen and oxygen atoms in total. The van der Waals surface area contributed by atoms with Crippen molar-refractivity contribution in [3.05, 3.63) is 64.3 Å². The second kappa shape index (κ2) is 7.40. The second-order valence-corrected chi connectivity index (χ2v) is 9.26. The van der Waals surface area contributed by atoms with Crippen molar-refractivity contribution in [2.75, 3.05) is 26.2 Å². The molecule has 1 saturated heterocycles. The molecule has 0 spiro atoms. The Hall–Kier alpha value is -2.06. The maximum atomic E-state index is 12.9. The summed E-state index contributed by atoms with van der Waals surface area (Å²) in [5.41, 5.74) is 1.12. The maximum absolute atomic E-state index is 12.9. The molecule has 0 bridgehead atoms. The summed E-state index contributed by atoms with van der Waals surface area (Å²) in [7, 11) is -3.62. The summed E-state index contributed by atoms with van der Waals surface area (Å²) in [5.74, 6) is -0.232. The van der Waals surface area contributed by atoms with Gasteiger partial charge in [-0.2, -0.15) is 4.31 Å². The van der Waals surface area contributed by atoms with Crippen LogP contribution in [0.1, 0.15) is 10.5 Å². The van der Waals surface area contributed by atoms with E-state index in [2.05, 4.69) is 4.98 Å². The van der Waals surface area contributed by atoms with Gasteiger partial charge < -0.3 is 9.88 Å². The molecule has 0 radical (unpaired) electrons. The lowest BCUT2D eigenvalue weighted by atomic mass is 10.2. The quantitative estimate of drug-likeness (QED) is 0.679. The predicted molar refractivity (Wildman–Crippen MR) is 109 cm³/mol. The van der Waals surface area contributed by atoms with E-state index in [1.165, 1.54) is 16.4 Å². The number of carbonyl (C=O) groups is 1. The van der Waals surface area contributed by atoms with Gasteiger partial charge >= 0.3 is 0 Å². The average molecular weight is 438 g/mol. The van der Waals surface area contributed by atoms with Crippen molar-refractivity contribution >= 4 is 50.0 Å². The minimum absolute atomic E-state index is 0.190. The van der Waals surface area contributed by atoms with E-state index in [-0.39, 0.29) is 37.0 Å². The molecule has 3 aromatic rings. The highest BCUT2D eigenvalue weighted by molar-refractivity contribution is 7.89. The summed E-state index contributed by atoms with van der Waals surface area (Å²) in [5, 5.41) is 1.65. The van der Waals surface area contributed by atoms with Crippen molar-refractivity contribution < 1.29 is 13.2 Å². The summed E-state index contributed by atoms with van der Waals surface area (Å²) < 4.78 is 26.9. The number of rotatable bonds is 3. The highest BCUT2D eigenvalue weighted by Crippen LogP contribution is 2.28. The molecular weight excluding hydrogens is 421 g/mol. The third kappa shape index (κ3) is 3.39. The van der Waals surface area contributed by atoms with Gasteiger partial charge in [0.15, 0.2) is 0 Å². The molecule has 0 aliphatic carbocycles. The van der Waals surface area contributed by atoms with Crippen LogP contribution >= 0.6 is 23.2 Å². The van der Waals surface area contributed by atoms with E-state index in [0.29, 0.717) is 15.7 Å². The molecule has 1 aliphatic rings. The third-order valence-corrected chi connectivity index (χ3v) is 7.39. The minimum atomic E-state index is -3.62. The van der Waals surface area contributed by atoms with Crippen LogP contribution < -0.4 is 0 Å². The number of aromatic amines is 1. The Morgan fingerprint density at radius 3 is 2.21 bits per heavy atom. The molecule has 0 unspecified atom stereocenters. The number of halogens is 2. The Balaban J connectivity index is 1.49. The number of nitrogens with zero attached hydrogens (tertiary/aromatic N) is 2. The normalized spacial score (nSPS) is 15.9. The fourth-order valence-corrected chi connectivity index (χ4v) is 5.14. The highest BCUT2D eigenvalue weighted by Gasteiger charge is 2.31. The van der Waals surface area contributed by atoms with E-state index in [4.69, 9.17) is 23.2 Å². The predicted octanol–water partition coefficient (Wildman–Crippen LogP) is 3.62. The smallest absolute Gasteiger partial charge is 0.271 e. The molecule has 1 amide bonds. The number of para-hydroxylation sites is 1. The van der Waals surface area contributed by atoms with E-state index in [0.717, 1.165) is 10.9 Å². The zero-order valence-corrected chi connectivity index (χ0v) is 17.1. The van der Waals surface area contributed by atoms with Crippen LogP contribution in [-0.4, -0.2) is 54.7 Å². The molecule has 1 N–H and O–H groups in total. The average Bonchev–Trinajstić information content (AvgIpc) is 3.05. The molecular formula is C19H17Cl2N3O3S. The SMILES string of the molecule is O=C(c1[nH]c2ccccc2c1Cl)N1CCN(S(=O)(=O)c2ccc(Cl)cc2)CC1. The Morgan fingerprint density at radius 1 is 0.929 bits per heavy atom. The van der Waals surface area contributed by atoms with Crippen molar-refractivity contribution in [2.24, 2.45) is 0 Å². The zero-order chi connectivity index (χ0) is 19.9. The lowest BCUT2D eigenvalue weighted by Crippen LogP contribution is -2.50. The Labute approximate surface area is 172 Å². The lowest BCUT2D eigenvalue weighted by molar-refractivity contribution is 0.0693. The topological polar surface area (TPSA) is 73.5 Å². The Kier molecular flexibility index (Phi) is 5.09. The number of sulfonamides is 1. The van der Waals surface area contributed by atoms with Crippen LogP contribution in [0.5, 0.6) is 0 Å². The number of amides is 1. The van der Waals surface area contributed by atoms with Crippen LogP contribution in [0.2, 0.25) is 10.0 Å². The van der Waals surface area contributed by atoms with Crippen LogP contribution in [0.15, 0.2) is 53.4 Å². The van der Waals surface area contributed by atoms with E-state index in [9.17, 15) is 13.2 Å². The molecule has 4 rings (SSSR count). The van der Waals surface area contributed by atoms with E-state index in [1.807, 2.05) is 24.3 Å². The summed E-state index contributed by atoms with van der Waals surface area (Å²) >= 11 is 12.2. The lowest BCUT2D eigenvalue weighted by Gasteiger charge is -2.33. The third-order valence-electron chi connectivity index (χ3n) is 4.83. The van der Waals surface area contributed by atoms with Gasteiger partial charge in [0, 0.05) is 42.1 Å². The van der Waals surface area contributed by atoms with Crippen molar-refractivity contribution in [2.45, 2.75) is 4.90 Å². The van der Waals surface area contributed by atoms with Gasteiger partial charge in [-0.05, 0) is 30.3 Å². The number of nitrogens with one attached hydrogen (secondary N) is 1. The molecule has 2 heterocycles. The number of piperazine rings is 1. The van der Waals surface area contributed by atoms with Gasteiger partial charge in [0.2, 0.25) is 10.0 Å². The van der Waals surface area contributed by atoms with Gasteiger partial charge in [0.25, 0.3) is 5.91 Å². The summed E-state index contributed by atoms with van der Waals surface area (Å²) in [6.07, 6.45) is 0. The van der Waals surface area contributed by atoms with Crippen molar-refractivity contribution in [3.8, 4) is 0 Å². The van der Waals surface area contributed by atoms with Crippen molar-refractivity contribution in [1.82, 2.24) is 14.2 Å². The van der Waals surface area contributed by atoms with Crippen LogP contribution in [0.25, 0.3) is 10.9 Å². The van der Waals surface area contributed by atoms with Gasteiger partial charge in [0.1, 0.15) is 5.69 Å². The van der Waals surface area contributed by atoms with Crippen molar-refractivity contribution in [3.63, 3.8) is 0 Å². The van der Waals surface area contributed by atoms with Crippen LogP contribution in [-0.2, 0) is 10.0 Å². The number of H-pyrrole nitrogens is 1. The van der Waals surface area contributed by atoms with Crippen molar-refractivity contribution in [1.29, 1.82) is 0 Å². The molecule has 28 heavy (non-hydrogen) atoms. The number of aromatic nitrogens is 1. The first-order valence-corrected chi connectivity index (χ1v) is 10.9. The Morgan fingerprint density at radius 2 is 1.57 bits per heavy atom. The van der Waals surface area contributed by atoms with Gasteiger partial charge in [-0.1, -0.05) is 41.4 Å². The van der Waals surface area contributed by atoms with Crippen LogP contribution in [0.3, 0.4) is 0 Å². The number of hydrogen-bond acceptors (Lipinski definition) is 3. The van der Waals surface area contributed by atoms with E-state index >= 15 is 0 Å². The number of hydrogen-bond donors (Lipinski definition) is 1. The van der Waals surface area contributed by atoms with Gasteiger partial charge in [0.05, 0.1) is 9.92 Å². The molecule has 1 fully saturated rings. The molecule has 1 aromatic heterocycles. The molecule has 146 valence electrons. The molecule has 1 aliphatic heterocycles. The summed E-state index contributed by atoms with van der Waals surface area (Å²) in [6, 6.07) is 13.5. The zero-order valence-electron chi connectivity index (χ0n) is 14.7. The first-order valence-electron chi connectivity index (χ1n) is 8.69. The van der Waals surface area contributed by atoms with E-state index in [1.54, 1.807) is 17.0 Å². The summed E-state index contributed by atoms with van der Waals surface area (Å²) in [6.45, 7) is 1.01. The monoisotopic (exact) mass is 437 g/mol. The molecule has 0 saturated carbocycles. The Bertz CT molecular complexity index is 1130. The van der Waals surface area contributed by atoms with Gasteiger partial charge in [-0.15, -0.1) is 0 Å². The fourth-order valence-electron chi connectivity index (χ4n) is 3.30. The summed E-state index contributed by atoms with van der Waals surface area (Å²) in [4.78, 5) is 17.8. The first kappa shape index (κ1) is 19.3. The number of benzene rings is 2. The molecule has 9 heteroatoms.